The molecule has 0 spiro atoms. The van der Waals surface area contributed by atoms with Gasteiger partial charge in [0.25, 0.3) is 0 Å². The zero-order valence-electron chi connectivity index (χ0n) is 53.8. The van der Waals surface area contributed by atoms with Crippen molar-refractivity contribution in [3.05, 3.63) is 0 Å². The summed E-state index contributed by atoms with van der Waals surface area (Å²) in [6.45, 7) is 13.9. The number of unbranched alkanes of at least 4 members (excludes halogenated alkanes) is 27. The van der Waals surface area contributed by atoms with Crippen molar-refractivity contribution in [2.24, 2.45) is 23.7 Å². The molecule has 0 aromatic carbocycles. The van der Waals surface area contributed by atoms with Crippen LogP contribution in [-0.2, 0) is 65.4 Å². The van der Waals surface area contributed by atoms with E-state index in [2.05, 4.69) is 55.4 Å². The highest BCUT2D eigenvalue weighted by Crippen LogP contribution is 2.45. The molecule has 0 aliphatic rings. The fourth-order valence-electron chi connectivity index (χ4n) is 9.43. The molecule has 0 fully saturated rings. The van der Waals surface area contributed by atoms with Crippen molar-refractivity contribution in [1.29, 1.82) is 0 Å². The molecule has 3 unspecified atom stereocenters. The maximum atomic E-state index is 13.0. The molecular weight excluding hydrogens is 1100 g/mol. The minimum Gasteiger partial charge on any atom is -0.462 e. The quantitative estimate of drug-likeness (QED) is 0.0222. The van der Waals surface area contributed by atoms with Crippen molar-refractivity contribution in [1.82, 2.24) is 0 Å². The molecule has 492 valence electrons. The number of carbonyl (C=O) groups is 4. The van der Waals surface area contributed by atoms with E-state index < -0.39 is 97.5 Å². The number of hydrogen-bond donors (Lipinski definition) is 3. The number of carbonyl (C=O) groups excluding carboxylic acids is 4. The summed E-state index contributed by atoms with van der Waals surface area (Å²) in [4.78, 5) is 72.2. The largest absolute Gasteiger partial charge is 0.472 e. The normalized spacial score (nSPS) is 14.4. The molecule has 0 rings (SSSR count). The van der Waals surface area contributed by atoms with Crippen molar-refractivity contribution >= 4 is 39.5 Å². The molecule has 0 radical (unpaired) electrons. The van der Waals surface area contributed by atoms with Crippen LogP contribution in [0.3, 0.4) is 0 Å². The van der Waals surface area contributed by atoms with Crippen molar-refractivity contribution in [2.45, 2.75) is 324 Å². The smallest absolute Gasteiger partial charge is 0.462 e. The van der Waals surface area contributed by atoms with Crippen LogP contribution in [0.2, 0.25) is 0 Å². The SMILES string of the molecule is CC(C)CCCCCCCCCCCC(=O)OC[C@H](COP(=O)(O)OCC(O)COP(=O)(O)OC[C@@H](COC(=O)CCCCCCCCCC(C)C)OC(=O)CCCCCCCCCC(C)C)OC(=O)CCCCCCCCCCC(C)C. The predicted octanol–water partition coefficient (Wildman–Crippen LogP) is 17.4. The van der Waals surface area contributed by atoms with E-state index in [1.54, 1.807) is 0 Å². The Balaban J connectivity index is 5.25. The average Bonchev–Trinajstić information content (AvgIpc) is 3.42. The molecule has 0 aromatic heterocycles. The molecule has 5 atom stereocenters. The van der Waals surface area contributed by atoms with Gasteiger partial charge in [-0.15, -0.1) is 0 Å². The fraction of sp³-hybridized carbons (Fsp3) is 0.938. The molecule has 0 saturated heterocycles. The van der Waals surface area contributed by atoms with E-state index in [1.807, 2.05) is 0 Å². The number of phosphoric ester groups is 2. The summed E-state index contributed by atoms with van der Waals surface area (Å²) >= 11 is 0. The van der Waals surface area contributed by atoms with Crippen LogP contribution in [-0.4, -0.2) is 96.7 Å². The number of esters is 4. The number of hydrogen-bond acceptors (Lipinski definition) is 15. The number of phosphoric acid groups is 2. The molecular formula is C64H124O17P2. The van der Waals surface area contributed by atoms with Crippen LogP contribution < -0.4 is 0 Å². The minimum atomic E-state index is -4.95. The summed E-state index contributed by atoms with van der Waals surface area (Å²) in [6, 6.07) is 0. The van der Waals surface area contributed by atoms with Crippen molar-refractivity contribution in [3.63, 3.8) is 0 Å². The maximum absolute atomic E-state index is 13.0. The van der Waals surface area contributed by atoms with Crippen molar-refractivity contribution in [2.75, 3.05) is 39.6 Å². The Morgan fingerprint density at radius 3 is 0.747 bits per heavy atom. The Labute approximate surface area is 505 Å². The topological polar surface area (TPSA) is 237 Å². The van der Waals surface area contributed by atoms with Gasteiger partial charge in [-0.3, -0.25) is 37.3 Å². The molecule has 17 nitrogen and oxygen atoms in total. The van der Waals surface area contributed by atoms with E-state index in [9.17, 15) is 43.2 Å². The number of rotatable bonds is 61. The molecule has 0 aromatic rings. The van der Waals surface area contributed by atoms with E-state index in [0.717, 1.165) is 108 Å². The molecule has 0 saturated carbocycles. The standard InChI is InChI=1S/C64H124O17P2/c1-54(2)40-32-24-16-10-9-11-20-28-36-44-61(66)74-50-59(80-63(68)46-38-30-21-13-12-17-25-33-41-55(3)4)52-78-82(70,71)76-48-58(65)49-77-83(72,73)79-53-60(81-64(69)47-39-31-23-15-19-27-35-43-57(7)8)51-75-62(67)45-37-29-22-14-18-26-34-42-56(5)6/h54-60,65H,9-53H2,1-8H3,(H,70,71)(H,72,73)/t58?,59-,60-/m1/s1. The predicted molar refractivity (Wildman–Crippen MR) is 331 cm³/mol. The third-order valence-electron chi connectivity index (χ3n) is 14.6. The Kier molecular flexibility index (Phi) is 53.0. The van der Waals surface area contributed by atoms with Crippen LogP contribution >= 0.6 is 15.6 Å². The second-order valence-electron chi connectivity index (χ2n) is 25.1. The molecule has 0 bridgehead atoms. The van der Waals surface area contributed by atoms with E-state index >= 15 is 0 Å². The highest BCUT2D eigenvalue weighted by molar-refractivity contribution is 7.47. The zero-order valence-corrected chi connectivity index (χ0v) is 55.6. The number of aliphatic hydroxyl groups excluding tert-OH is 1. The summed E-state index contributed by atoms with van der Waals surface area (Å²) in [5, 5.41) is 10.5. The zero-order chi connectivity index (χ0) is 61.8. The first-order valence-corrected chi connectivity index (χ1v) is 36.2. The lowest BCUT2D eigenvalue weighted by Crippen LogP contribution is -2.30. The second kappa shape index (κ2) is 54.2. The van der Waals surface area contributed by atoms with Gasteiger partial charge in [-0.2, -0.15) is 0 Å². The highest BCUT2D eigenvalue weighted by atomic mass is 31.2. The average molecular weight is 1230 g/mol. The summed E-state index contributed by atoms with van der Waals surface area (Å²) in [5.41, 5.74) is 0. The van der Waals surface area contributed by atoms with Gasteiger partial charge < -0.3 is 33.8 Å². The van der Waals surface area contributed by atoms with Crippen LogP contribution in [0.5, 0.6) is 0 Å². The third kappa shape index (κ3) is 58.8. The molecule has 0 aliphatic heterocycles. The third-order valence-corrected chi connectivity index (χ3v) is 16.5. The Bertz CT molecular complexity index is 1660. The summed E-state index contributed by atoms with van der Waals surface area (Å²) in [5.74, 6) is 0.721. The van der Waals surface area contributed by atoms with Crippen molar-refractivity contribution in [3.8, 4) is 0 Å². The van der Waals surface area contributed by atoms with Crippen LogP contribution in [0, 0.1) is 23.7 Å². The lowest BCUT2D eigenvalue weighted by molar-refractivity contribution is -0.161. The van der Waals surface area contributed by atoms with Crippen LogP contribution in [0.25, 0.3) is 0 Å². The first-order chi connectivity index (χ1) is 39.6. The number of ether oxygens (including phenoxy) is 4. The van der Waals surface area contributed by atoms with Gasteiger partial charge in [-0.05, 0) is 49.4 Å². The van der Waals surface area contributed by atoms with E-state index in [0.29, 0.717) is 37.5 Å². The summed E-state index contributed by atoms with van der Waals surface area (Å²) < 4.78 is 68.0. The second-order valence-corrected chi connectivity index (χ2v) is 28.0. The first kappa shape index (κ1) is 81.1. The molecule has 0 aliphatic carbocycles. The van der Waals surface area contributed by atoms with Crippen molar-refractivity contribution < 1.29 is 80.2 Å². The minimum absolute atomic E-state index is 0.102. The van der Waals surface area contributed by atoms with Gasteiger partial charge in [-0.25, -0.2) is 9.13 Å². The number of aliphatic hydroxyl groups is 1. The Morgan fingerprint density at radius 2 is 0.506 bits per heavy atom. The van der Waals surface area contributed by atoms with E-state index in [1.165, 1.54) is 103 Å². The maximum Gasteiger partial charge on any atom is 0.472 e. The molecule has 83 heavy (non-hydrogen) atoms. The van der Waals surface area contributed by atoms with Crippen LogP contribution in [0.1, 0.15) is 306 Å². The van der Waals surface area contributed by atoms with Gasteiger partial charge in [0, 0.05) is 25.7 Å². The van der Waals surface area contributed by atoms with Gasteiger partial charge in [-0.1, -0.05) is 254 Å². The lowest BCUT2D eigenvalue weighted by atomic mass is 10.0. The summed E-state index contributed by atoms with van der Waals surface area (Å²) in [6.07, 6.45) is 33.7. The van der Waals surface area contributed by atoms with Gasteiger partial charge in [0.15, 0.2) is 12.2 Å². The van der Waals surface area contributed by atoms with Gasteiger partial charge >= 0.3 is 39.5 Å². The molecule has 3 N–H and O–H groups in total. The van der Waals surface area contributed by atoms with Crippen LogP contribution in [0.4, 0.5) is 0 Å². The van der Waals surface area contributed by atoms with E-state index in [-0.39, 0.29) is 25.7 Å². The van der Waals surface area contributed by atoms with Gasteiger partial charge in [0.1, 0.15) is 19.3 Å². The first-order valence-electron chi connectivity index (χ1n) is 33.2. The van der Waals surface area contributed by atoms with E-state index in [4.69, 9.17) is 37.0 Å². The Hall–Kier alpha value is -1.94. The molecule has 19 heteroatoms. The summed E-state index contributed by atoms with van der Waals surface area (Å²) in [7, 11) is -9.89. The van der Waals surface area contributed by atoms with Crippen LogP contribution in [0.15, 0.2) is 0 Å². The Morgan fingerprint density at radius 1 is 0.301 bits per heavy atom. The van der Waals surface area contributed by atoms with Gasteiger partial charge in [0.05, 0.1) is 26.4 Å². The van der Waals surface area contributed by atoms with Gasteiger partial charge in [0.2, 0.25) is 0 Å². The monoisotopic (exact) mass is 1230 g/mol. The lowest BCUT2D eigenvalue weighted by Gasteiger charge is -2.21. The molecule has 0 heterocycles. The highest BCUT2D eigenvalue weighted by Gasteiger charge is 2.30. The fourth-order valence-corrected chi connectivity index (χ4v) is 11.0. The molecule has 0 amide bonds.